The van der Waals surface area contributed by atoms with Crippen molar-refractivity contribution in [3.63, 3.8) is 0 Å². The van der Waals surface area contributed by atoms with Gasteiger partial charge in [0.05, 0.1) is 4.92 Å². The number of ketones is 1. The van der Waals surface area contributed by atoms with Crippen LogP contribution in [-0.2, 0) is 9.53 Å². The Bertz CT molecular complexity index is 540. The highest BCUT2D eigenvalue weighted by Crippen LogP contribution is 2.20. The summed E-state index contributed by atoms with van der Waals surface area (Å²) >= 11 is 0. The van der Waals surface area contributed by atoms with E-state index < -0.39 is 4.92 Å². The highest BCUT2D eigenvalue weighted by atomic mass is 16.6. The highest BCUT2D eigenvalue weighted by Gasteiger charge is 2.17. The van der Waals surface area contributed by atoms with Crippen LogP contribution in [0.5, 0.6) is 0 Å². The number of allylic oxidation sites excluding steroid dienone is 2. The van der Waals surface area contributed by atoms with Crippen molar-refractivity contribution >= 4 is 17.5 Å². The fraction of sp³-hybridized carbons (Fsp3) is 0.0833. The molecule has 1 aromatic carbocycles. The maximum absolute atomic E-state index is 11.4. The standard InChI is InChI=1S/C12H9NO4/c1-8-6-11(14)12(17-8)7-9-2-4-10(5-3-9)13(15)16/h2-7H,1H3/b12-7-. The minimum absolute atomic E-state index is 0.0140. The van der Waals surface area contributed by atoms with E-state index in [4.69, 9.17) is 4.74 Å². The molecule has 2 rings (SSSR count). The summed E-state index contributed by atoms with van der Waals surface area (Å²) in [7, 11) is 0. The molecule has 0 atom stereocenters. The Labute approximate surface area is 97.2 Å². The van der Waals surface area contributed by atoms with Crippen LogP contribution in [0.25, 0.3) is 6.08 Å². The molecule has 0 aliphatic carbocycles. The van der Waals surface area contributed by atoms with Gasteiger partial charge < -0.3 is 4.74 Å². The van der Waals surface area contributed by atoms with Gasteiger partial charge in [-0.05, 0) is 30.7 Å². The van der Waals surface area contributed by atoms with Crippen LogP contribution in [-0.4, -0.2) is 10.7 Å². The molecule has 5 heteroatoms. The quantitative estimate of drug-likeness (QED) is 0.445. The van der Waals surface area contributed by atoms with Gasteiger partial charge in [-0.15, -0.1) is 0 Å². The van der Waals surface area contributed by atoms with Crippen LogP contribution in [0.4, 0.5) is 5.69 Å². The third-order valence-corrected chi connectivity index (χ3v) is 2.25. The lowest BCUT2D eigenvalue weighted by molar-refractivity contribution is -0.384. The minimum Gasteiger partial charge on any atom is -0.458 e. The van der Waals surface area contributed by atoms with Crippen molar-refractivity contribution < 1.29 is 14.5 Å². The third-order valence-electron chi connectivity index (χ3n) is 2.25. The van der Waals surface area contributed by atoms with Crippen LogP contribution in [0, 0.1) is 10.1 Å². The second kappa shape index (κ2) is 4.21. The fourth-order valence-electron chi connectivity index (χ4n) is 1.45. The van der Waals surface area contributed by atoms with Crippen molar-refractivity contribution in [3.05, 3.63) is 57.5 Å². The Hall–Kier alpha value is -2.43. The highest BCUT2D eigenvalue weighted by molar-refractivity contribution is 6.07. The summed E-state index contributed by atoms with van der Waals surface area (Å²) in [5, 5.41) is 10.5. The molecule has 86 valence electrons. The molecule has 0 saturated heterocycles. The van der Waals surface area contributed by atoms with E-state index in [1.807, 2.05) is 0 Å². The van der Waals surface area contributed by atoms with Crippen molar-refractivity contribution in [1.29, 1.82) is 0 Å². The van der Waals surface area contributed by atoms with E-state index in [1.165, 1.54) is 18.2 Å². The number of hydrogen-bond acceptors (Lipinski definition) is 4. The smallest absolute Gasteiger partial charge is 0.269 e. The average Bonchev–Trinajstić information content (AvgIpc) is 2.58. The van der Waals surface area contributed by atoms with Gasteiger partial charge in [0, 0.05) is 18.2 Å². The summed E-state index contributed by atoms with van der Waals surface area (Å²) < 4.78 is 5.19. The summed E-state index contributed by atoms with van der Waals surface area (Å²) in [5.74, 6) is 0.584. The van der Waals surface area contributed by atoms with Crippen LogP contribution < -0.4 is 0 Å². The molecule has 0 aromatic heterocycles. The number of benzene rings is 1. The predicted molar refractivity (Wildman–Crippen MR) is 60.9 cm³/mol. The predicted octanol–water partition coefficient (Wildman–Crippen LogP) is 2.44. The first kappa shape index (κ1) is 11.1. The van der Waals surface area contributed by atoms with Crippen molar-refractivity contribution in [2.24, 2.45) is 0 Å². The van der Waals surface area contributed by atoms with E-state index in [0.29, 0.717) is 11.3 Å². The zero-order chi connectivity index (χ0) is 12.4. The molecule has 0 bridgehead atoms. The first-order chi connectivity index (χ1) is 8.06. The van der Waals surface area contributed by atoms with E-state index in [0.717, 1.165) is 0 Å². The zero-order valence-electron chi connectivity index (χ0n) is 9.04. The molecule has 1 heterocycles. The Morgan fingerprint density at radius 1 is 1.29 bits per heavy atom. The van der Waals surface area contributed by atoms with Crippen LogP contribution >= 0.6 is 0 Å². The Morgan fingerprint density at radius 2 is 1.94 bits per heavy atom. The molecule has 5 nitrogen and oxygen atoms in total. The van der Waals surface area contributed by atoms with Gasteiger partial charge in [0.15, 0.2) is 5.76 Å². The topological polar surface area (TPSA) is 69.4 Å². The first-order valence-electron chi connectivity index (χ1n) is 4.93. The number of ether oxygens (including phenoxy) is 1. The zero-order valence-corrected chi connectivity index (χ0v) is 9.04. The van der Waals surface area contributed by atoms with E-state index in [-0.39, 0.29) is 17.2 Å². The molecule has 0 unspecified atom stereocenters. The number of nitrogens with zero attached hydrogens (tertiary/aromatic N) is 1. The van der Waals surface area contributed by atoms with Gasteiger partial charge in [0.25, 0.3) is 5.69 Å². The van der Waals surface area contributed by atoms with E-state index in [9.17, 15) is 14.9 Å². The lowest BCUT2D eigenvalue weighted by Crippen LogP contribution is -1.93. The number of nitro benzene ring substituents is 1. The minimum atomic E-state index is -0.472. The molecule has 1 aliphatic heterocycles. The molecule has 1 aromatic rings. The number of nitro groups is 1. The van der Waals surface area contributed by atoms with Gasteiger partial charge in [0.1, 0.15) is 5.76 Å². The molecule has 0 fully saturated rings. The lowest BCUT2D eigenvalue weighted by atomic mass is 10.1. The number of hydrogen-bond donors (Lipinski definition) is 0. The second-order valence-corrected chi connectivity index (χ2v) is 3.58. The molecule has 0 radical (unpaired) electrons. The molecular weight excluding hydrogens is 222 g/mol. The number of carbonyl (C=O) groups excluding carboxylic acids is 1. The van der Waals surface area contributed by atoms with Crippen molar-refractivity contribution in [2.45, 2.75) is 6.92 Å². The Balaban J connectivity index is 2.23. The van der Waals surface area contributed by atoms with E-state index >= 15 is 0 Å². The largest absolute Gasteiger partial charge is 0.458 e. The van der Waals surface area contributed by atoms with Crippen LogP contribution in [0.15, 0.2) is 41.9 Å². The van der Waals surface area contributed by atoms with E-state index in [2.05, 4.69) is 0 Å². The van der Waals surface area contributed by atoms with Crippen LogP contribution in [0.3, 0.4) is 0 Å². The van der Waals surface area contributed by atoms with Crippen molar-refractivity contribution in [2.75, 3.05) is 0 Å². The van der Waals surface area contributed by atoms with Gasteiger partial charge in [-0.3, -0.25) is 14.9 Å². The van der Waals surface area contributed by atoms with Crippen LogP contribution in [0.1, 0.15) is 12.5 Å². The first-order valence-corrected chi connectivity index (χ1v) is 4.93. The molecule has 0 N–H and O–H groups in total. The maximum atomic E-state index is 11.4. The van der Waals surface area contributed by atoms with Gasteiger partial charge in [-0.1, -0.05) is 0 Å². The van der Waals surface area contributed by atoms with Gasteiger partial charge >= 0.3 is 0 Å². The second-order valence-electron chi connectivity index (χ2n) is 3.58. The number of rotatable bonds is 2. The number of carbonyl (C=O) groups is 1. The fourth-order valence-corrected chi connectivity index (χ4v) is 1.45. The SMILES string of the molecule is CC1=CC(=O)/C(=C/c2ccc([N+](=O)[O-])cc2)O1. The van der Waals surface area contributed by atoms with Gasteiger partial charge in [-0.2, -0.15) is 0 Å². The Kier molecular flexibility index (Phi) is 2.74. The summed E-state index contributed by atoms with van der Waals surface area (Å²) in [5.41, 5.74) is 0.696. The van der Waals surface area contributed by atoms with E-state index in [1.54, 1.807) is 25.1 Å². The normalized spacial score (nSPS) is 16.9. The Morgan fingerprint density at radius 3 is 2.41 bits per heavy atom. The van der Waals surface area contributed by atoms with Crippen LogP contribution in [0.2, 0.25) is 0 Å². The summed E-state index contributed by atoms with van der Waals surface area (Å²) in [4.78, 5) is 21.4. The summed E-state index contributed by atoms with van der Waals surface area (Å²) in [6, 6.07) is 5.89. The molecule has 0 spiro atoms. The maximum Gasteiger partial charge on any atom is 0.269 e. The molecule has 0 amide bonds. The van der Waals surface area contributed by atoms with Gasteiger partial charge in [-0.25, -0.2) is 0 Å². The number of non-ortho nitro benzene ring substituents is 1. The molecule has 0 saturated carbocycles. The monoisotopic (exact) mass is 231 g/mol. The average molecular weight is 231 g/mol. The molecule has 17 heavy (non-hydrogen) atoms. The molecule has 1 aliphatic rings. The van der Waals surface area contributed by atoms with Crippen molar-refractivity contribution in [1.82, 2.24) is 0 Å². The third kappa shape index (κ3) is 2.39. The summed E-state index contributed by atoms with van der Waals surface area (Å²) in [6.45, 7) is 1.69. The summed E-state index contributed by atoms with van der Waals surface area (Å²) in [6.07, 6.45) is 2.95. The van der Waals surface area contributed by atoms with Gasteiger partial charge in [0.2, 0.25) is 5.78 Å². The van der Waals surface area contributed by atoms with Crippen molar-refractivity contribution in [3.8, 4) is 0 Å². The molecular formula is C12H9NO4. The lowest BCUT2D eigenvalue weighted by Gasteiger charge is -1.99.